The van der Waals surface area contributed by atoms with Crippen molar-refractivity contribution in [2.45, 2.75) is 6.42 Å². The van der Waals surface area contributed by atoms with Gasteiger partial charge in [0, 0.05) is 23.7 Å². The van der Waals surface area contributed by atoms with Gasteiger partial charge in [-0.05, 0) is 36.4 Å². The summed E-state index contributed by atoms with van der Waals surface area (Å²) >= 11 is 5.80. The van der Waals surface area contributed by atoms with Gasteiger partial charge in [-0.3, -0.25) is 9.59 Å². The summed E-state index contributed by atoms with van der Waals surface area (Å²) in [5, 5.41) is 6.48. The minimum absolute atomic E-state index is 0.0441. The third-order valence-electron chi connectivity index (χ3n) is 3.53. The van der Waals surface area contributed by atoms with Gasteiger partial charge in [0.15, 0.2) is 5.75 Å². The number of benzene rings is 2. The number of carbonyl (C=O) groups excluding carboxylic acids is 2. The summed E-state index contributed by atoms with van der Waals surface area (Å²) < 4.78 is 5.34. The first-order valence-corrected chi connectivity index (χ1v) is 7.59. The third-order valence-corrected chi connectivity index (χ3v) is 3.78. The lowest BCUT2D eigenvalue weighted by Crippen LogP contribution is -2.29. The Morgan fingerprint density at radius 2 is 1.96 bits per heavy atom. The second-order valence-corrected chi connectivity index (χ2v) is 5.69. The fourth-order valence-corrected chi connectivity index (χ4v) is 2.46. The molecular weight excluding hydrogens is 316 g/mol. The van der Waals surface area contributed by atoms with Crippen LogP contribution >= 0.6 is 11.6 Å². The summed E-state index contributed by atoms with van der Waals surface area (Å²) in [7, 11) is 0. The van der Waals surface area contributed by atoms with E-state index < -0.39 is 11.9 Å². The average Bonchev–Trinajstić information content (AvgIpc) is 2.69. The maximum atomic E-state index is 12.1. The van der Waals surface area contributed by atoms with Crippen LogP contribution in [0.4, 0.5) is 11.4 Å². The van der Waals surface area contributed by atoms with E-state index in [-0.39, 0.29) is 12.3 Å². The fraction of sp³-hybridized carbons (Fsp3) is 0.176. The van der Waals surface area contributed by atoms with Gasteiger partial charge in [-0.25, -0.2) is 0 Å². The van der Waals surface area contributed by atoms with Crippen molar-refractivity contribution >= 4 is 34.9 Å². The molecule has 0 spiro atoms. The fourth-order valence-electron chi connectivity index (χ4n) is 2.33. The van der Waals surface area contributed by atoms with Crippen LogP contribution in [0.3, 0.4) is 0 Å². The van der Waals surface area contributed by atoms with E-state index in [2.05, 4.69) is 10.6 Å². The Labute approximate surface area is 138 Å². The summed E-state index contributed by atoms with van der Waals surface area (Å²) in [6.07, 6.45) is 0.0441. The molecule has 2 aromatic carbocycles. The second-order valence-electron chi connectivity index (χ2n) is 5.25. The number of nitrogens with one attached hydrogen (secondary N) is 2. The van der Waals surface area contributed by atoms with Gasteiger partial charge in [-0.1, -0.05) is 23.7 Å². The molecular formula is C17H15ClN2O3. The lowest BCUT2D eigenvalue weighted by atomic mass is 10.1. The molecule has 0 radical (unpaired) electrons. The van der Waals surface area contributed by atoms with E-state index >= 15 is 0 Å². The van der Waals surface area contributed by atoms with Crippen molar-refractivity contribution in [2.75, 3.05) is 17.2 Å². The number of fused-ring (bicyclic) bond motifs is 1. The lowest BCUT2D eigenvalue weighted by Gasteiger charge is -2.12. The molecule has 5 nitrogen and oxygen atoms in total. The van der Waals surface area contributed by atoms with Gasteiger partial charge in [0.1, 0.15) is 0 Å². The van der Waals surface area contributed by atoms with Crippen LogP contribution in [-0.4, -0.2) is 18.4 Å². The standard InChI is InChI=1S/C17H15ClN2O3/c18-12-5-7-13(8-6-12)20-16(21)9-11-10-19-14-3-1-2-4-15(14)23-17(11)22/h1-8,11,19H,9-10H2,(H,20,21). The molecule has 1 aliphatic rings. The van der Waals surface area contributed by atoms with Gasteiger partial charge >= 0.3 is 5.97 Å². The Morgan fingerprint density at radius 1 is 1.22 bits per heavy atom. The third kappa shape index (κ3) is 3.81. The monoisotopic (exact) mass is 330 g/mol. The molecule has 0 fully saturated rings. The van der Waals surface area contributed by atoms with Crippen LogP contribution in [0.25, 0.3) is 0 Å². The van der Waals surface area contributed by atoms with Crippen LogP contribution in [0, 0.1) is 5.92 Å². The van der Waals surface area contributed by atoms with Gasteiger partial charge < -0.3 is 15.4 Å². The number of ether oxygens (including phenoxy) is 1. The molecule has 6 heteroatoms. The highest BCUT2D eigenvalue weighted by Gasteiger charge is 2.27. The lowest BCUT2D eigenvalue weighted by molar-refractivity contribution is -0.140. The predicted octanol–water partition coefficient (Wildman–Crippen LogP) is 3.32. The average molecular weight is 331 g/mol. The molecule has 1 amide bonds. The molecule has 2 N–H and O–H groups in total. The number of carbonyl (C=O) groups is 2. The molecule has 23 heavy (non-hydrogen) atoms. The quantitative estimate of drug-likeness (QED) is 0.669. The number of anilines is 2. The minimum Gasteiger partial charge on any atom is -0.424 e. The van der Waals surface area contributed by atoms with Crippen molar-refractivity contribution in [3.05, 3.63) is 53.6 Å². The molecule has 0 bridgehead atoms. The van der Waals surface area contributed by atoms with Crippen LogP contribution in [0.5, 0.6) is 5.75 Å². The highest BCUT2D eigenvalue weighted by Crippen LogP contribution is 2.28. The van der Waals surface area contributed by atoms with Crippen molar-refractivity contribution < 1.29 is 14.3 Å². The molecule has 1 atom stereocenters. The summed E-state index contributed by atoms with van der Waals surface area (Å²) in [4.78, 5) is 24.3. The molecule has 1 aliphatic heterocycles. The first kappa shape index (κ1) is 15.4. The van der Waals surface area contributed by atoms with Crippen LogP contribution in [0.15, 0.2) is 48.5 Å². The zero-order valence-electron chi connectivity index (χ0n) is 12.2. The maximum Gasteiger partial charge on any atom is 0.316 e. The first-order chi connectivity index (χ1) is 11.1. The molecule has 118 valence electrons. The number of hydrogen-bond donors (Lipinski definition) is 2. The molecule has 0 saturated heterocycles. The van der Waals surface area contributed by atoms with Crippen LogP contribution < -0.4 is 15.4 Å². The summed E-state index contributed by atoms with van der Waals surface area (Å²) in [5.41, 5.74) is 1.39. The number of para-hydroxylation sites is 2. The number of halogens is 1. The Balaban J connectivity index is 1.63. The number of amides is 1. The van der Waals surface area contributed by atoms with E-state index in [0.717, 1.165) is 5.69 Å². The van der Waals surface area contributed by atoms with Crippen molar-refractivity contribution in [2.24, 2.45) is 5.92 Å². The van der Waals surface area contributed by atoms with Gasteiger partial charge in [0.05, 0.1) is 11.6 Å². The van der Waals surface area contributed by atoms with Crippen molar-refractivity contribution in [1.29, 1.82) is 0 Å². The van der Waals surface area contributed by atoms with Crippen molar-refractivity contribution in [3.63, 3.8) is 0 Å². The second kappa shape index (κ2) is 6.71. The maximum absolute atomic E-state index is 12.1. The highest BCUT2D eigenvalue weighted by atomic mass is 35.5. The largest absolute Gasteiger partial charge is 0.424 e. The smallest absolute Gasteiger partial charge is 0.316 e. The zero-order valence-corrected chi connectivity index (χ0v) is 13.0. The summed E-state index contributed by atoms with van der Waals surface area (Å²) in [6.45, 7) is 0.351. The van der Waals surface area contributed by atoms with E-state index in [4.69, 9.17) is 16.3 Å². The molecule has 0 aliphatic carbocycles. The summed E-state index contributed by atoms with van der Waals surface area (Å²) in [6, 6.07) is 14.0. The van der Waals surface area contributed by atoms with E-state index in [1.54, 1.807) is 36.4 Å². The SMILES string of the molecule is O=C(CC1CNc2ccccc2OC1=O)Nc1ccc(Cl)cc1. The predicted molar refractivity (Wildman–Crippen MR) is 88.8 cm³/mol. The molecule has 1 heterocycles. The van der Waals surface area contributed by atoms with Crippen molar-refractivity contribution in [1.82, 2.24) is 0 Å². The van der Waals surface area contributed by atoms with Crippen LogP contribution in [-0.2, 0) is 9.59 Å². The van der Waals surface area contributed by atoms with Gasteiger partial charge in [0.25, 0.3) is 0 Å². The zero-order chi connectivity index (χ0) is 16.2. The van der Waals surface area contributed by atoms with Crippen LogP contribution in [0.2, 0.25) is 5.02 Å². The van der Waals surface area contributed by atoms with Gasteiger partial charge in [-0.15, -0.1) is 0 Å². The topological polar surface area (TPSA) is 67.4 Å². The highest BCUT2D eigenvalue weighted by molar-refractivity contribution is 6.30. The van der Waals surface area contributed by atoms with E-state index in [1.165, 1.54) is 0 Å². The van der Waals surface area contributed by atoms with Crippen molar-refractivity contribution in [3.8, 4) is 5.75 Å². The number of hydrogen-bond acceptors (Lipinski definition) is 4. The molecule has 1 unspecified atom stereocenters. The molecule has 0 saturated carbocycles. The van der Waals surface area contributed by atoms with Crippen LogP contribution in [0.1, 0.15) is 6.42 Å². The molecule has 2 aromatic rings. The van der Waals surface area contributed by atoms with E-state index in [0.29, 0.717) is 23.0 Å². The van der Waals surface area contributed by atoms with Gasteiger partial charge in [0.2, 0.25) is 5.91 Å². The molecule has 3 rings (SSSR count). The normalized spacial score (nSPS) is 16.6. The van der Waals surface area contributed by atoms with Gasteiger partial charge in [-0.2, -0.15) is 0 Å². The summed E-state index contributed by atoms with van der Waals surface area (Å²) in [5.74, 6) is -0.719. The number of esters is 1. The Kier molecular flexibility index (Phi) is 4.48. The van der Waals surface area contributed by atoms with E-state index in [1.807, 2.05) is 12.1 Å². The molecule has 0 aromatic heterocycles. The van der Waals surface area contributed by atoms with E-state index in [9.17, 15) is 9.59 Å². The number of rotatable bonds is 3. The minimum atomic E-state index is -0.547. The first-order valence-electron chi connectivity index (χ1n) is 7.22. The Hall–Kier alpha value is -2.53. The Morgan fingerprint density at radius 3 is 2.74 bits per heavy atom. The Bertz CT molecular complexity index is 731.